The number of hydrogen-bond donors (Lipinski definition) is 0. The highest BCUT2D eigenvalue weighted by Crippen LogP contribution is 2.24. The van der Waals surface area contributed by atoms with Crippen LogP contribution in [-0.4, -0.2) is 29.8 Å². The molecule has 132 valence electrons. The molecule has 6 nitrogen and oxygen atoms in total. The molecule has 0 aliphatic carbocycles. The fourth-order valence-electron chi connectivity index (χ4n) is 2.63. The van der Waals surface area contributed by atoms with Gasteiger partial charge < -0.3 is 9.53 Å². The second-order valence-electron chi connectivity index (χ2n) is 5.74. The average molecular weight is 327 g/mol. The van der Waals surface area contributed by atoms with Gasteiger partial charge >= 0.3 is 5.97 Å². The quantitative estimate of drug-likeness (QED) is 0.122. The zero-order valence-corrected chi connectivity index (χ0v) is 14.2. The molecule has 0 aromatic rings. The lowest BCUT2D eigenvalue weighted by atomic mass is 9.84. The molecular formula is C17H29NO5. The predicted octanol–water partition coefficient (Wildman–Crippen LogP) is 3.56. The highest BCUT2D eigenvalue weighted by atomic mass is 16.6. The molecule has 23 heavy (non-hydrogen) atoms. The van der Waals surface area contributed by atoms with Crippen LogP contribution < -0.4 is 0 Å². The van der Waals surface area contributed by atoms with E-state index in [4.69, 9.17) is 4.74 Å². The summed E-state index contributed by atoms with van der Waals surface area (Å²) in [4.78, 5) is 33.8. The summed E-state index contributed by atoms with van der Waals surface area (Å²) < 4.78 is 4.92. The highest BCUT2D eigenvalue weighted by molar-refractivity contribution is 5.77. The summed E-state index contributed by atoms with van der Waals surface area (Å²) in [5.74, 6) is -2.33. The van der Waals surface area contributed by atoms with Crippen molar-refractivity contribution in [2.45, 2.75) is 64.8 Å². The fourth-order valence-corrected chi connectivity index (χ4v) is 2.63. The maximum atomic E-state index is 12.0. The van der Waals surface area contributed by atoms with Crippen molar-refractivity contribution in [3.8, 4) is 0 Å². The highest BCUT2D eigenvalue weighted by Gasteiger charge is 2.40. The van der Waals surface area contributed by atoms with Gasteiger partial charge in [-0.25, -0.2) is 0 Å². The smallest absolute Gasteiger partial charge is 0.316 e. The van der Waals surface area contributed by atoms with Crippen LogP contribution >= 0.6 is 0 Å². The number of allylic oxidation sites excluding steroid dienone is 1. The number of aldehydes is 1. The molecule has 0 fully saturated rings. The van der Waals surface area contributed by atoms with Crippen LogP contribution in [0.1, 0.15) is 58.8 Å². The third kappa shape index (κ3) is 8.47. The number of hydrogen-bond acceptors (Lipinski definition) is 5. The van der Waals surface area contributed by atoms with Crippen LogP contribution in [0, 0.1) is 22.0 Å². The summed E-state index contributed by atoms with van der Waals surface area (Å²) in [6.45, 7) is 6.82. The van der Waals surface area contributed by atoms with E-state index in [0.717, 1.165) is 38.5 Å². The first-order valence-electron chi connectivity index (χ1n) is 8.35. The number of nitro groups is 1. The Morgan fingerprint density at radius 1 is 1.26 bits per heavy atom. The summed E-state index contributed by atoms with van der Waals surface area (Å²) >= 11 is 0. The van der Waals surface area contributed by atoms with E-state index >= 15 is 0 Å². The maximum absolute atomic E-state index is 12.0. The van der Waals surface area contributed by atoms with Gasteiger partial charge in [-0.05, 0) is 26.2 Å². The minimum absolute atomic E-state index is 0.147. The third-order valence-corrected chi connectivity index (χ3v) is 3.99. The molecule has 0 aliphatic heterocycles. The van der Waals surface area contributed by atoms with Gasteiger partial charge in [0.05, 0.1) is 6.61 Å². The van der Waals surface area contributed by atoms with Crippen molar-refractivity contribution in [1.82, 2.24) is 0 Å². The molecule has 0 aliphatic rings. The molecule has 0 aromatic heterocycles. The third-order valence-electron chi connectivity index (χ3n) is 3.99. The monoisotopic (exact) mass is 327 g/mol. The molecule has 0 amide bonds. The first kappa shape index (κ1) is 21.3. The Hall–Kier alpha value is -1.72. The Balaban J connectivity index is 4.52. The van der Waals surface area contributed by atoms with Crippen LogP contribution in [0.5, 0.6) is 0 Å². The molecule has 0 heterocycles. The van der Waals surface area contributed by atoms with Gasteiger partial charge in [-0.2, -0.15) is 0 Å². The van der Waals surface area contributed by atoms with E-state index in [2.05, 4.69) is 6.58 Å². The molecule has 0 radical (unpaired) electrons. The number of unbranched alkanes of at least 4 members (excludes halogenated alkanes) is 5. The van der Waals surface area contributed by atoms with Crippen molar-refractivity contribution in [2.24, 2.45) is 11.8 Å². The Bertz CT molecular complexity index is 383. The minimum Gasteiger partial charge on any atom is -0.466 e. The maximum Gasteiger partial charge on any atom is 0.316 e. The molecule has 0 bridgehead atoms. The van der Waals surface area contributed by atoms with Crippen molar-refractivity contribution in [3.05, 3.63) is 22.8 Å². The topological polar surface area (TPSA) is 86.5 Å². The van der Waals surface area contributed by atoms with Gasteiger partial charge in [-0.15, -0.1) is 6.58 Å². The van der Waals surface area contributed by atoms with Crippen molar-refractivity contribution in [2.75, 3.05) is 6.61 Å². The lowest BCUT2D eigenvalue weighted by Gasteiger charge is -2.22. The molecular weight excluding hydrogens is 298 g/mol. The van der Waals surface area contributed by atoms with Crippen LogP contribution in [0.15, 0.2) is 12.7 Å². The number of esters is 1. The molecule has 0 N–H and O–H groups in total. The van der Waals surface area contributed by atoms with Gasteiger partial charge in [-0.1, -0.05) is 31.8 Å². The summed E-state index contributed by atoms with van der Waals surface area (Å²) in [6.07, 6.45) is 9.02. The first-order chi connectivity index (χ1) is 11.0. The van der Waals surface area contributed by atoms with Gasteiger partial charge in [0.1, 0.15) is 12.2 Å². The van der Waals surface area contributed by atoms with E-state index in [1.54, 1.807) is 6.92 Å². The van der Waals surface area contributed by atoms with Crippen molar-refractivity contribution < 1.29 is 19.2 Å². The SMILES string of the molecule is C=CCCCCCCC[C@@H](C=O)[C@@H](C(=O)OCC)[C@@H](C)[N+](=O)[O-]. The molecule has 6 heteroatoms. The fraction of sp³-hybridized carbons (Fsp3) is 0.765. The van der Waals surface area contributed by atoms with Crippen LogP contribution in [0.2, 0.25) is 0 Å². The molecule has 0 saturated carbocycles. The van der Waals surface area contributed by atoms with Crippen LogP contribution in [0.3, 0.4) is 0 Å². The van der Waals surface area contributed by atoms with Gasteiger partial charge in [0.2, 0.25) is 6.04 Å². The lowest BCUT2D eigenvalue weighted by molar-refractivity contribution is -0.526. The zero-order chi connectivity index (χ0) is 17.7. The Labute approximate surface area is 138 Å². The zero-order valence-electron chi connectivity index (χ0n) is 14.2. The van der Waals surface area contributed by atoms with Crippen LogP contribution in [0.25, 0.3) is 0 Å². The Morgan fingerprint density at radius 2 is 1.87 bits per heavy atom. The Kier molecular flexibility index (Phi) is 11.8. The normalized spacial score (nSPS) is 14.5. The number of carbonyl (C=O) groups excluding carboxylic acids is 2. The van der Waals surface area contributed by atoms with E-state index in [0.29, 0.717) is 12.7 Å². The largest absolute Gasteiger partial charge is 0.466 e. The van der Waals surface area contributed by atoms with E-state index in [-0.39, 0.29) is 6.61 Å². The second-order valence-corrected chi connectivity index (χ2v) is 5.74. The molecule has 0 unspecified atom stereocenters. The van der Waals surface area contributed by atoms with Crippen molar-refractivity contribution >= 4 is 12.3 Å². The molecule has 0 saturated heterocycles. The number of carbonyl (C=O) groups is 2. The Morgan fingerprint density at radius 3 is 2.39 bits per heavy atom. The van der Waals surface area contributed by atoms with E-state index in [1.165, 1.54) is 6.92 Å². The molecule has 0 aromatic carbocycles. The number of rotatable bonds is 14. The minimum atomic E-state index is -1.13. The van der Waals surface area contributed by atoms with Gasteiger partial charge in [0.25, 0.3) is 0 Å². The van der Waals surface area contributed by atoms with Crippen LogP contribution in [0.4, 0.5) is 0 Å². The van der Waals surface area contributed by atoms with E-state index in [9.17, 15) is 19.7 Å². The standard InChI is InChI=1S/C17H29NO5/c1-4-6-7-8-9-10-11-12-15(13-19)16(14(3)18(21)22)17(20)23-5-2/h4,13-16H,1,5-12H2,2-3H3/t14-,15+,16+/m1/s1. The van der Waals surface area contributed by atoms with Crippen LogP contribution in [-0.2, 0) is 14.3 Å². The first-order valence-corrected chi connectivity index (χ1v) is 8.35. The van der Waals surface area contributed by atoms with Crippen molar-refractivity contribution in [1.29, 1.82) is 0 Å². The summed E-state index contributed by atoms with van der Waals surface area (Å²) in [6, 6.07) is -1.13. The van der Waals surface area contributed by atoms with Crippen molar-refractivity contribution in [3.63, 3.8) is 0 Å². The predicted molar refractivity (Wildman–Crippen MR) is 88.6 cm³/mol. The summed E-state index contributed by atoms with van der Waals surface area (Å²) in [5.41, 5.74) is 0. The number of ether oxygens (including phenoxy) is 1. The average Bonchev–Trinajstić information content (AvgIpc) is 2.52. The summed E-state index contributed by atoms with van der Waals surface area (Å²) in [7, 11) is 0. The van der Waals surface area contributed by atoms with E-state index < -0.39 is 28.8 Å². The van der Waals surface area contributed by atoms with Gasteiger partial charge in [-0.3, -0.25) is 14.9 Å². The molecule has 3 atom stereocenters. The number of nitrogens with zero attached hydrogens (tertiary/aromatic N) is 1. The summed E-state index contributed by atoms with van der Waals surface area (Å²) in [5, 5.41) is 11.0. The molecule has 0 spiro atoms. The molecule has 0 rings (SSSR count). The van der Waals surface area contributed by atoms with Gasteiger partial charge in [0, 0.05) is 17.8 Å². The second kappa shape index (κ2) is 12.8. The lowest BCUT2D eigenvalue weighted by Crippen LogP contribution is -2.39. The van der Waals surface area contributed by atoms with E-state index in [1.807, 2.05) is 6.08 Å². The van der Waals surface area contributed by atoms with Gasteiger partial charge in [0.15, 0.2) is 0 Å².